The molecule has 26 heavy (non-hydrogen) atoms. The van der Waals surface area contributed by atoms with Crippen molar-refractivity contribution in [1.29, 1.82) is 0 Å². The molecule has 1 aromatic rings. The number of hydrogen-bond acceptors (Lipinski definition) is 5. The fourth-order valence-electron chi connectivity index (χ4n) is 3.19. The van der Waals surface area contributed by atoms with Gasteiger partial charge in [-0.15, -0.1) is 0 Å². The van der Waals surface area contributed by atoms with Crippen LogP contribution in [0.5, 0.6) is 0 Å². The van der Waals surface area contributed by atoms with E-state index in [1.165, 1.54) is 22.9 Å². The predicted octanol–water partition coefficient (Wildman–Crippen LogP) is 3.00. The minimum atomic E-state index is 0.369. The van der Waals surface area contributed by atoms with Crippen LogP contribution in [0.25, 0.3) is 0 Å². The second-order valence-corrected chi connectivity index (χ2v) is 6.72. The zero-order valence-electron chi connectivity index (χ0n) is 15.6. The number of aliphatic imine (C=N–C) groups is 1. The maximum Gasteiger partial charge on any atom is 0.153 e. The van der Waals surface area contributed by atoms with Crippen molar-refractivity contribution in [3.8, 4) is 0 Å². The summed E-state index contributed by atoms with van der Waals surface area (Å²) in [4.78, 5) is 15.1. The second kappa shape index (κ2) is 9.15. The number of carbonyl (C=O) groups is 1. The van der Waals surface area contributed by atoms with Crippen molar-refractivity contribution in [3.63, 3.8) is 0 Å². The van der Waals surface area contributed by atoms with Crippen LogP contribution >= 0.6 is 0 Å². The van der Waals surface area contributed by atoms with Crippen molar-refractivity contribution in [2.24, 2.45) is 22.4 Å². The van der Waals surface area contributed by atoms with E-state index in [1.54, 1.807) is 19.2 Å². The van der Waals surface area contributed by atoms with Gasteiger partial charge in [0.2, 0.25) is 0 Å². The summed E-state index contributed by atoms with van der Waals surface area (Å²) in [6.07, 6.45) is 8.54. The zero-order valence-corrected chi connectivity index (χ0v) is 15.6. The molecule has 0 amide bonds. The first kappa shape index (κ1) is 19.7. The monoisotopic (exact) mass is 352 g/mol. The molecule has 1 aliphatic carbocycles. The van der Waals surface area contributed by atoms with E-state index in [-0.39, 0.29) is 0 Å². The van der Waals surface area contributed by atoms with Crippen LogP contribution in [0.1, 0.15) is 30.0 Å². The van der Waals surface area contributed by atoms with E-state index in [0.717, 1.165) is 37.2 Å². The molecule has 5 nitrogen and oxygen atoms in total. The molecule has 5 N–H and O–H groups in total. The number of aryl methyl sites for hydroxylation is 2. The number of nitrogens with one attached hydrogen (secondary N) is 1. The number of rotatable bonds is 7. The summed E-state index contributed by atoms with van der Waals surface area (Å²) >= 11 is 0. The zero-order chi connectivity index (χ0) is 19.1. The highest BCUT2D eigenvalue weighted by Gasteiger charge is 2.20. The molecule has 5 heteroatoms. The van der Waals surface area contributed by atoms with Gasteiger partial charge in [-0.1, -0.05) is 12.6 Å². The molecule has 2 rings (SSSR count). The van der Waals surface area contributed by atoms with Crippen molar-refractivity contribution in [3.05, 3.63) is 65.1 Å². The number of nitrogens with zero attached hydrogens (tertiary/aromatic N) is 1. The van der Waals surface area contributed by atoms with Crippen molar-refractivity contribution < 1.29 is 4.79 Å². The van der Waals surface area contributed by atoms with Gasteiger partial charge in [-0.05, 0) is 74.4 Å². The van der Waals surface area contributed by atoms with Gasteiger partial charge in [0.25, 0.3) is 0 Å². The number of carbonyl (C=O) groups excluding carboxylic acids is 1. The average molecular weight is 352 g/mol. The summed E-state index contributed by atoms with van der Waals surface area (Å²) in [5, 5.41) is 3.39. The van der Waals surface area contributed by atoms with Gasteiger partial charge in [-0.25, -0.2) is 0 Å². The predicted molar refractivity (Wildman–Crippen MR) is 109 cm³/mol. The second-order valence-electron chi connectivity index (χ2n) is 6.72. The van der Waals surface area contributed by atoms with Gasteiger partial charge in [0.05, 0.1) is 5.57 Å². The molecule has 1 aliphatic rings. The topological polar surface area (TPSA) is 93.5 Å². The Labute approximate surface area is 155 Å². The van der Waals surface area contributed by atoms with Gasteiger partial charge >= 0.3 is 0 Å². The summed E-state index contributed by atoms with van der Waals surface area (Å²) in [7, 11) is 0. The molecule has 0 heterocycles. The molecule has 0 aromatic heterocycles. The number of fused-ring (bicyclic) bond motifs is 1. The Morgan fingerprint density at radius 1 is 1.46 bits per heavy atom. The van der Waals surface area contributed by atoms with E-state index in [1.807, 2.05) is 0 Å². The summed E-state index contributed by atoms with van der Waals surface area (Å²) < 4.78 is 0. The largest absolute Gasteiger partial charge is 0.404 e. The van der Waals surface area contributed by atoms with Crippen molar-refractivity contribution in [2.75, 3.05) is 11.9 Å². The van der Waals surface area contributed by atoms with E-state index in [4.69, 9.17) is 11.5 Å². The highest BCUT2D eigenvalue weighted by Crippen LogP contribution is 2.32. The lowest BCUT2D eigenvalue weighted by Gasteiger charge is -2.26. The molecule has 0 saturated carbocycles. The Balaban J connectivity index is 2.14. The number of nitrogens with two attached hydrogens (primary N) is 2. The Morgan fingerprint density at radius 2 is 2.23 bits per heavy atom. The molecule has 0 bridgehead atoms. The highest BCUT2D eigenvalue weighted by molar-refractivity contribution is 6.13. The summed E-state index contributed by atoms with van der Waals surface area (Å²) in [6.45, 7) is 8.60. The van der Waals surface area contributed by atoms with E-state index < -0.39 is 0 Å². The molecule has 0 radical (unpaired) electrons. The highest BCUT2D eigenvalue weighted by atomic mass is 16.1. The van der Waals surface area contributed by atoms with Crippen molar-refractivity contribution >= 4 is 17.7 Å². The Kier molecular flexibility index (Phi) is 6.92. The van der Waals surface area contributed by atoms with Crippen LogP contribution in [-0.4, -0.2) is 18.5 Å². The Hall–Kier alpha value is -2.66. The molecule has 1 aromatic carbocycles. The molecule has 1 atom stereocenters. The standard InChI is InChI=1S/C21H28N4O/c1-14-8-18-5-4-17(11-22)10-20(18)21(9-14)25-15(2)6-7-24-16(3)19(12-23)13-26/h6-9,12-13,17,25H,2,4-5,10-11,22-23H2,1,3H3/b7-6-,19-12?,24-16?. The number of anilines is 1. The van der Waals surface area contributed by atoms with E-state index in [9.17, 15) is 4.79 Å². The van der Waals surface area contributed by atoms with Crippen LogP contribution in [0.3, 0.4) is 0 Å². The molecular weight excluding hydrogens is 324 g/mol. The molecule has 138 valence electrons. The van der Waals surface area contributed by atoms with Crippen LogP contribution in [0.2, 0.25) is 0 Å². The molecule has 0 spiro atoms. The lowest BCUT2D eigenvalue weighted by atomic mass is 9.82. The van der Waals surface area contributed by atoms with Gasteiger partial charge in [-0.3, -0.25) is 9.79 Å². The first-order valence-corrected chi connectivity index (χ1v) is 8.85. The summed E-state index contributed by atoms with van der Waals surface area (Å²) in [6, 6.07) is 4.41. The third-order valence-corrected chi connectivity index (χ3v) is 4.70. The lowest BCUT2D eigenvalue weighted by molar-refractivity contribution is -0.104. The normalized spacial score (nSPS) is 17.9. The number of benzene rings is 1. The van der Waals surface area contributed by atoms with Gasteiger partial charge in [0, 0.05) is 29.5 Å². The third kappa shape index (κ3) is 4.92. The Bertz CT molecular complexity index is 774. The first-order valence-electron chi connectivity index (χ1n) is 8.85. The maximum atomic E-state index is 10.8. The quantitative estimate of drug-likeness (QED) is 0.304. The third-order valence-electron chi connectivity index (χ3n) is 4.70. The minimum Gasteiger partial charge on any atom is -0.404 e. The van der Waals surface area contributed by atoms with Crippen molar-refractivity contribution in [2.45, 2.75) is 33.1 Å². The average Bonchev–Trinajstić information content (AvgIpc) is 2.62. The van der Waals surface area contributed by atoms with Crippen LogP contribution in [-0.2, 0) is 17.6 Å². The molecule has 0 saturated heterocycles. The Morgan fingerprint density at radius 3 is 2.88 bits per heavy atom. The number of allylic oxidation sites excluding steroid dienone is 2. The van der Waals surface area contributed by atoms with Gasteiger partial charge < -0.3 is 16.8 Å². The van der Waals surface area contributed by atoms with Crippen LogP contribution in [0, 0.1) is 12.8 Å². The molecule has 0 fully saturated rings. The molecule has 1 unspecified atom stereocenters. The lowest BCUT2D eigenvalue weighted by Crippen LogP contribution is -2.23. The fourth-order valence-corrected chi connectivity index (χ4v) is 3.19. The van der Waals surface area contributed by atoms with Crippen molar-refractivity contribution in [1.82, 2.24) is 0 Å². The van der Waals surface area contributed by atoms with E-state index >= 15 is 0 Å². The number of hydrogen-bond donors (Lipinski definition) is 3. The summed E-state index contributed by atoms with van der Waals surface area (Å²) in [5.74, 6) is 0.534. The molecular formula is C21H28N4O. The first-order chi connectivity index (χ1) is 12.5. The van der Waals surface area contributed by atoms with Gasteiger partial charge in [0.1, 0.15) is 0 Å². The smallest absolute Gasteiger partial charge is 0.153 e. The number of aldehydes is 1. The summed E-state index contributed by atoms with van der Waals surface area (Å²) in [5.41, 5.74) is 18.0. The maximum absolute atomic E-state index is 10.8. The van der Waals surface area contributed by atoms with Crippen LogP contribution < -0.4 is 16.8 Å². The van der Waals surface area contributed by atoms with E-state index in [2.05, 4.69) is 35.9 Å². The van der Waals surface area contributed by atoms with E-state index in [0.29, 0.717) is 23.5 Å². The SMILES string of the molecule is C=C(/C=C\N=C(C)C(C=O)=CN)Nc1cc(C)cc2c1CC(CN)CC2. The van der Waals surface area contributed by atoms with Crippen LogP contribution in [0.4, 0.5) is 5.69 Å². The fraction of sp³-hybridized carbons (Fsp3) is 0.333. The molecule has 0 aliphatic heterocycles. The van der Waals surface area contributed by atoms with Gasteiger partial charge in [-0.2, -0.15) is 0 Å². The minimum absolute atomic E-state index is 0.369. The van der Waals surface area contributed by atoms with Crippen LogP contribution in [0.15, 0.2) is 53.5 Å². The van der Waals surface area contributed by atoms with Gasteiger partial charge in [0.15, 0.2) is 6.29 Å².